The Morgan fingerprint density at radius 2 is 1.79 bits per heavy atom. The van der Waals surface area contributed by atoms with E-state index in [1.165, 1.54) is 4.88 Å². The first kappa shape index (κ1) is 12.4. The van der Waals surface area contributed by atoms with Gasteiger partial charge in [-0.15, -0.1) is 11.3 Å². The standard InChI is InChI=1S/C13H11BrN4S/c14-13-6-5-12(19-13)9-15-10-1-3-11(4-2-10)18-16-7-8-17-18/h1-8,15H,9H2. The van der Waals surface area contributed by atoms with Gasteiger partial charge in [0.2, 0.25) is 0 Å². The maximum atomic E-state index is 4.09. The van der Waals surface area contributed by atoms with Gasteiger partial charge in [0.1, 0.15) is 0 Å². The normalized spacial score (nSPS) is 10.6. The molecular weight excluding hydrogens is 324 g/mol. The van der Waals surface area contributed by atoms with Crippen molar-refractivity contribution in [3.8, 4) is 5.69 Å². The van der Waals surface area contributed by atoms with Crippen molar-refractivity contribution in [2.24, 2.45) is 0 Å². The first-order valence-electron chi connectivity index (χ1n) is 5.76. The lowest BCUT2D eigenvalue weighted by Gasteiger charge is -2.06. The maximum Gasteiger partial charge on any atom is 0.0858 e. The van der Waals surface area contributed by atoms with Gasteiger partial charge in [0.05, 0.1) is 21.9 Å². The summed E-state index contributed by atoms with van der Waals surface area (Å²) < 4.78 is 1.16. The Kier molecular flexibility index (Phi) is 3.61. The van der Waals surface area contributed by atoms with Crippen LogP contribution in [0.4, 0.5) is 5.69 Å². The van der Waals surface area contributed by atoms with Gasteiger partial charge in [-0.05, 0) is 52.3 Å². The monoisotopic (exact) mass is 334 g/mol. The summed E-state index contributed by atoms with van der Waals surface area (Å²) in [5.41, 5.74) is 2.04. The fourth-order valence-corrected chi connectivity index (χ4v) is 3.12. The molecule has 1 N–H and O–H groups in total. The van der Waals surface area contributed by atoms with Gasteiger partial charge < -0.3 is 5.32 Å². The molecule has 0 fully saturated rings. The van der Waals surface area contributed by atoms with Crippen LogP contribution in [0.2, 0.25) is 0 Å². The van der Waals surface area contributed by atoms with Crippen molar-refractivity contribution in [3.05, 3.63) is 57.5 Å². The van der Waals surface area contributed by atoms with Crippen molar-refractivity contribution in [1.29, 1.82) is 0 Å². The van der Waals surface area contributed by atoms with E-state index in [9.17, 15) is 0 Å². The molecule has 0 radical (unpaired) electrons. The number of rotatable bonds is 4. The van der Waals surface area contributed by atoms with Gasteiger partial charge in [0.25, 0.3) is 0 Å². The minimum Gasteiger partial charge on any atom is -0.380 e. The van der Waals surface area contributed by atoms with Crippen LogP contribution in [0, 0.1) is 0 Å². The van der Waals surface area contributed by atoms with Crippen molar-refractivity contribution >= 4 is 33.0 Å². The van der Waals surface area contributed by atoms with E-state index >= 15 is 0 Å². The lowest BCUT2D eigenvalue weighted by molar-refractivity contribution is 0.752. The van der Waals surface area contributed by atoms with Crippen molar-refractivity contribution < 1.29 is 0 Å². The second-order valence-corrected chi connectivity index (χ2v) is 6.47. The van der Waals surface area contributed by atoms with Crippen molar-refractivity contribution in [2.75, 3.05) is 5.32 Å². The van der Waals surface area contributed by atoms with Crippen LogP contribution in [-0.4, -0.2) is 15.0 Å². The Labute approximate surface area is 123 Å². The molecular formula is C13H11BrN4S. The summed E-state index contributed by atoms with van der Waals surface area (Å²) >= 11 is 5.20. The molecule has 0 aliphatic heterocycles. The highest BCUT2D eigenvalue weighted by Gasteiger charge is 2.00. The molecule has 4 nitrogen and oxygen atoms in total. The van der Waals surface area contributed by atoms with Gasteiger partial charge in [-0.1, -0.05) is 0 Å². The zero-order chi connectivity index (χ0) is 13.1. The topological polar surface area (TPSA) is 42.7 Å². The van der Waals surface area contributed by atoms with Crippen molar-refractivity contribution in [2.45, 2.75) is 6.54 Å². The highest BCUT2D eigenvalue weighted by molar-refractivity contribution is 9.11. The molecule has 96 valence electrons. The summed E-state index contributed by atoms with van der Waals surface area (Å²) in [6.07, 6.45) is 3.33. The molecule has 2 aromatic heterocycles. The molecule has 0 saturated carbocycles. The van der Waals surface area contributed by atoms with Crippen molar-refractivity contribution in [1.82, 2.24) is 15.0 Å². The van der Waals surface area contributed by atoms with Crippen LogP contribution in [0.3, 0.4) is 0 Å². The number of hydrogen-bond donors (Lipinski definition) is 1. The van der Waals surface area contributed by atoms with E-state index in [2.05, 4.69) is 43.6 Å². The Hall–Kier alpha value is -1.66. The van der Waals surface area contributed by atoms with Gasteiger partial charge in [-0.2, -0.15) is 15.0 Å². The summed E-state index contributed by atoms with van der Waals surface area (Å²) in [6.45, 7) is 0.829. The SMILES string of the molecule is Brc1ccc(CNc2ccc(-n3nccn3)cc2)s1. The van der Waals surface area contributed by atoms with Crippen LogP contribution in [-0.2, 0) is 6.54 Å². The second kappa shape index (κ2) is 5.54. The number of benzene rings is 1. The predicted octanol–water partition coefficient (Wildman–Crippen LogP) is 3.70. The molecule has 0 aliphatic carbocycles. The van der Waals surface area contributed by atoms with E-state index in [0.717, 1.165) is 21.7 Å². The molecule has 0 aliphatic rings. The molecule has 19 heavy (non-hydrogen) atoms. The number of thiophene rings is 1. The zero-order valence-corrected chi connectivity index (χ0v) is 12.4. The highest BCUT2D eigenvalue weighted by atomic mass is 79.9. The fraction of sp³-hybridized carbons (Fsp3) is 0.0769. The smallest absolute Gasteiger partial charge is 0.0858 e. The van der Waals surface area contributed by atoms with Crippen LogP contribution in [0.25, 0.3) is 5.69 Å². The van der Waals surface area contributed by atoms with E-state index in [0.29, 0.717) is 0 Å². The van der Waals surface area contributed by atoms with E-state index < -0.39 is 0 Å². The molecule has 0 bridgehead atoms. The largest absolute Gasteiger partial charge is 0.380 e. The summed E-state index contributed by atoms with van der Waals surface area (Å²) in [4.78, 5) is 2.89. The van der Waals surface area contributed by atoms with Crippen LogP contribution in [0.5, 0.6) is 0 Å². The average molecular weight is 335 g/mol. The summed E-state index contributed by atoms with van der Waals surface area (Å²) in [5.74, 6) is 0. The molecule has 2 heterocycles. The number of halogens is 1. The average Bonchev–Trinajstić information content (AvgIpc) is 3.08. The molecule has 0 amide bonds. The van der Waals surface area contributed by atoms with E-state index in [-0.39, 0.29) is 0 Å². The Morgan fingerprint density at radius 3 is 2.42 bits per heavy atom. The van der Waals surface area contributed by atoms with E-state index in [4.69, 9.17) is 0 Å². The third-order valence-electron chi connectivity index (χ3n) is 2.61. The molecule has 6 heteroatoms. The fourth-order valence-electron chi connectivity index (χ4n) is 1.70. The summed E-state index contributed by atoms with van der Waals surface area (Å²) in [6, 6.07) is 12.2. The van der Waals surface area contributed by atoms with Crippen LogP contribution < -0.4 is 5.32 Å². The minimum atomic E-state index is 0.829. The quantitative estimate of drug-likeness (QED) is 0.790. The highest BCUT2D eigenvalue weighted by Crippen LogP contribution is 2.23. The number of hydrogen-bond acceptors (Lipinski definition) is 4. The number of anilines is 1. The van der Waals surface area contributed by atoms with Gasteiger partial charge >= 0.3 is 0 Å². The minimum absolute atomic E-state index is 0.829. The zero-order valence-electron chi connectivity index (χ0n) is 9.95. The second-order valence-electron chi connectivity index (χ2n) is 3.92. The van der Waals surface area contributed by atoms with Gasteiger partial charge in [0, 0.05) is 17.1 Å². The first-order valence-corrected chi connectivity index (χ1v) is 7.37. The predicted molar refractivity (Wildman–Crippen MR) is 80.7 cm³/mol. The molecule has 0 unspecified atom stereocenters. The van der Waals surface area contributed by atoms with Crippen LogP contribution in [0.1, 0.15) is 4.88 Å². The molecule has 0 atom stereocenters. The van der Waals surface area contributed by atoms with E-state index in [1.807, 2.05) is 24.3 Å². The number of nitrogens with one attached hydrogen (secondary N) is 1. The van der Waals surface area contributed by atoms with Crippen LogP contribution in [0.15, 0.2) is 52.6 Å². The first-order chi connectivity index (χ1) is 9.31. The van der Waals surface area contributed by atoms with Gasteiger partial charge in [-0.3, -0.25) is 0 Å². The third-order valence-corrected chi connectivity index (χ3v) is 4.24. The van der Waals surface area contributed by atoms with Gasteiger partial charge in [-0.25, -0.2) is 0 Å². The molecule has 3 aromatic rings. The number of nitrogens with zero attached hydrogens (tertiary/aromatic N) is 3. The van der Waals surface area contributed by atoms with E-state index in [1.54, 1.807) is 28.5 Å². The summed E-state index contributed by atoms with van der Waals surface area (Å²) in [5, 5.41) is 11.6. The third kappa shape index (κ3) is 3.02. The Morgan fingerprint density at radius 1 is 1.05 bits per heavy atom. The molecule has 0 spiro atoms. The summed E-state index contributed by atoms with van der Waals surface area (Å²) in [7, 11) is 0. The number of aromatic nitrogens is 3. The van der Waals surface area contributed by atoms with Crippen molar-refractivity contribution in [3.63, 3.8) is 0 Å². The molecule has 1 aromatic carbocycles. The molecule has 3 rings (SSSR count). The lowest BCUT2D eigenvalue weighted by atomic mass is 10.3. The lowest BCUT2D eigenvalue weighted by Crippen LogP contribution is -2.00. The molecule has 0 saturated heterocycles. The maximum absolute atomic E-state index is 4.09. The Bertz CT molecular complexity index is 646. The van der Waals surface area contributed by atoms with Crippen LogP contribution >= 0.6 is 27.3 Å². The van der Waals surface area contributed by atoms with Gasteiger partial charge in [0.15, 0.2) is 0 Å². The Balaban J connectivity index is 1.66.